The molecular formula is C11H17NO3. The summed E-state index contributed by atoms with van der Waals surface area (Å²) in [5, 5.41) is 10.1. The first-order chi connectivity index (χ1) is 6.91. The summed E-state index contributed by atoms with van der Waals surface area (Å²) in [7, 11) is 3.15. The number of aliphatic hydroxyl groups is 1. The smallest absolute Gasteiger partial charge is 0.314 e. The summed E-state index contributed by atoms with van der Waals surface area (Å²) in [5.74, 6) is -0.420. The third-order valence-electron chi connectivity index (χ3n) is 2.66. The number of methoxy groups -OCH3 is 1. The molecule has 84 valence electrons. The van der Waals surface area contributed by atoms with Gasteiger partial charge in [0.25, 0.3) is 0 Å². The van der Waals surface area contributed by atoms with Crippen LogP contribution in [0.5, 0.6) is 0 Å². The van der Waals surface area contributed by atoms with Crippen molar-refractivity contribution in [1.29, 1.82) is 0 Å². The van der Waals surface area contributed by atoms with E-state index in [1.807, 2.05) is 19.3 Å². The maximum atomic E-state index is 11.5. The molecule has 4 nitrogen and oxygen atoms in total. The summed E-state index contributed by atoms with van der Waals surface area (Å²) in [6.07, 6.45) is 0.955. The molecule has 0 aliphatic rings. The van der Waals surface area contributed by atoms with Crippen molar-refractivity contribution < 1.29 is 14.6 Å². The Kier molecular flexibility index (Phi) is 3.19. The molecular weight excluding hydrogens is 194 g/mol. The molecule has 1 atom stereocenters. The number of aromatic nitrogens is 1. The molecule has 1 unspecified atom stereocenters. The summed E-state index contributed by atoms with van der Waals surface area (Å²) in [5.41, 5.74) is -0.244. The zero-order valence-electron chi connectivity index (χ0n) is 9.52. The molecule has 0 aliphatic carbocycles. The summed E-state index contributed by atoms with van der Waals surface area (Å²) in [6.45, 7) is 3.33. The lowest BCUT2D eigenvalue weighted by atomic mass is 9.85. The molecule has 0 bridgehead atoms. The number of carbonyl (C=O) groups is 1. The molecule has 0 amide bonds. The van der Waals surface area contributed by atoms with Crippen LogP contribution in [0.4, 0.5) is 0 Å². The Balaban J connectivity index is 2.99. The van der Waals surface area contributed by atoms with Crippen LogP contribution in [0.2, 0.25) is 0 Å². The van der Waals surface area contributed by atoms with Gasteiger partial charge in [-0.1, -0.05) is 0 Å². The molecule has 1 aromatic rings. The monoisotopic (exact) mass is 211 g/mol. The Morgan fingerprint density at radius 1 is 1.60 bits per heavy atom. The second-order valence-electron chi connectivity index (χ2n) is 4.16. The highest BCUT2D eigenvalue weighted by Gasteiger charge is 2.38. The van der Waals surface area contributed by atoms with Crippen LogP contribution in [0.25, 0.3) is 0 Å². The van der Waals surface area contributed by atoms with Gasteiger partial charge in [0.1, 0.15) is 6.10 Å². The fourth-order valence-corrected chi connectivity index (χ4v) is 1.50. The number of hydrogen-bond acceptors (Lipinski definition) is 3. The van der Waals surface area contributed by atoms with Gasteiger partial charge in [0.15, 0.2) is 0 Å². The van der Waals surface area contributed by atoms with Crippen LogP contribution in [0, 0.1) is 5.41 Å². The minimum Gasteiger partial charge on any atom is -0.469 e. The highest BCUT2D eigenvalue weighted by atomic mass is 16.5. The summed E-state index contributed by atoms with van der Waals surface area (Å²) >= 11 is 0. The highest BCUT2D eigenvalue weighted by molar-refractivity contribution is 5.76. The summed E-state index contributed by atoms with van der Waals surface area (Å²) < 4.78 is 6.45. The van der Waals surface area contributed by atoms with Gasteiger partial charge in [0.2, 0.25) is 0 Å². The molecule has 0 fully saturated rings. The van der Waals surface area contributed by atoms with Gasteiger partial charge in [0, 0.05) is 18.9 Å². The topological polar surface area (TPSA) is 51.5 Å². The SMILES string of the molecule is COC(=O)C(C)(C)C(O)c1cccn1C. The van der Waals surface area contributed by atoms with Crippen molar-refractivity contribution in [2.75, 3.05) is 7.11 Å². The van der Waals surface area contributed by atoms with E-state index in [0.717, 1.165) is 0 Å². The zero-order valence-corrected chi connectivity index (χ0v) is 9.52. The molecule has 1 N–H and O–H groups in total. The number of carbonyl (C=O) groups excluding carboxylic acids is 1. The van der Waals surface area contributed by atoms with Gasteiger partial charge in [-0.2, -0.15) is 0 Å². The lowest BCUT2D eigenvalue weighted by Gasteiger charge is -2.27. The third-order valence-corrected chi connectivity index (χ3v) is 2.66. The highest BCUT2D eigenvalue weighted by Crippen LogP contribution is 2.34. The molecule has 15 heavy (non-hydrogen) atoms. The van der Waals surface area contributed by atoms with Crippen LogP contribution in [-0.4, -0.2) is 22.8 Å². The Morgan fingerprint density at radius 2 is 2.20 bits per heavy atom. The van der Waals surface area contributed by atoms with Crippen LogP contribution >= 0.6 is 0 Å². The van der Waals surface area contributed by atoms with Crippen molar-refractivity contribution >= 4 is 5.97 Å². The number of hydrogen-bond donors (Lipinski definition) is 1. The van der Waals surface area contributed by atoms with Crippen molar-refractivity contribution in [3.63, 3.8) is 0 Å². The van der Waals surface area contributed by atoms with Gasteiger partial charge >= 0.3 is 5.97 Å². The van der Waals surface area contributed by atoms with Gasteiger partial charge < -0.3 is 14.4 Å². The van der Waals surface area contributed by atoms with Crippen LogP contribution < -0.4 is 0 Å². The van der Waals surface area contributed by atoms with Crippen molar-refractivity contribution in [2.24, 2.45) is 12.5 Å². The van der Waals surface area contributed by atoms with Crippen LogP contribution in [0.15, 0.2) is 18.3 Å². The molecule has 1 heterocycles. The number of nitrogens with zero attached hydrogens (tertiary/aromatic N) is 1. The van der Waals surface area contributed by atoms with Crippen molar-refractivity contribution in [3.05, 3.63) is 24.0 Å². The zero-order chi connectivity index (χ0) is 11.6. The Hall–Kier alpha value is -1.29. The average Bonchev–Trinajstić information content (AvgIpc) is 2.61. The van der Waals surface area contributed by atoms with Gasteiger partial charge in [-0.25, -0.2) is 0 Å². The first kappa shape index (κ1) is 11.8. The number of rotatable bonds is 3. The van der Waals surface area contributed by atoms with E-state index in [2.05, 4.69) is 4.74 Å². The van der Waals surface area contributed by atoms with Gasteiger partial charge in [-0.15, -0.1) is 0 Å². The maximum Gasteiger partial charge on any atom is 0.314 e. The van der Waals surface area contributed by atoms with E-state index in [1.54, 1.807) is 24.5 Å². The van der Waals surface area contributed by atoms with E-state index in [1.165, 1.54) is 7.11 Å². The van der Waals surface area contributed by atoms with Crippen LogP contribution in [0.3, 0.4) is 0 Å². The van der Waals surface area contributed by atoms with Crippen molar-refractivity contribution in [3.8, 4) is 0 Å². The lowest BCUT2D eigenvalue weighted by Crippen LogP contribution is -2.33. The molecule has 0 radical (unpaired) electrons. The fourth-order valence-electron chi connectivity index (χ4n) is 1.50. The first-order valence-electron chi connectivity index (χ1n) is 4.79. The second kappa shape index (κ2) is 4.06. The minimum atomic E-state index is -0.944. The molecule has 0 aliphatic heterocycles. The van der Waals surface area contributed by atoms with Crippen molar-refractivity contribution in [1.82, 2.24) is 4.57 Å². The first-order valence-corrected chi connectivity index (χ1v) is 4.79. The quantitative estimate of drug-likeness (QED) is 0.766. The van der Waals surface area contributed by atoms with E-state index < -0.39 is 17.5 Å². The van der Waals surface area contributed by atoms with Crippen LogP contribution in [0.1, 0.15) is 25.6 Å². The predicted octanol–water partition coefficient (Wildman–Crippen LogP) is 1.26. The molecule has 1 aromatic heterocycles. The molecule has 0 aromatic carbocycles. The standard InChI is InChI=1S/C11H17NO3/c1-11(2,10(14)15-4)9(13)8-6-5-7-12(8)3/h5-7,9,13H,1-4H3. The molecule has 0 saturated carbocycles. The van der Waals surface area contributed by atoms with Crippen LogP contribution in [-0.2, 0) is 16.6 Å². The van der Waals surface area contributed by atoms with E-state index in [-0.39, 0.29) is 0 Å². The average molecular weight is 211 g/mol. The maximum absolute atomic E-state index is 11.5. The second-order valence-corrected chi connectivity index (χ2v) is 4.16. The van der Waals surface area contributed by atoms with Gasteiger partial charge in [0.05, 0.1) is 12.5 Å². The van der Waals surface area contributed by atoms with E-state index in [9.17, 15) is 9.90 Å². The Labute approximate surface area is 89.5 Å². The number of esters is 1. The molecule has 4 heteroatoms. The Morgan fingerprint density at radius 3 is 2.60 bits per heavy atom. The van der Waals surface area contributed by atoms with Gasteiger partial charge in [-0.3, -0.25) is 4.79 Å². The lowest BCUT2D eigenvalue weighted by molar-refractivity contribution is -0.157. The number of aliphatic hydroxyl groups excluding tert-OH is 1. The minimum absolute atomic E-state index is 0.420. The summed E-state index contributed by atoms with van der Waals surface area (Å²) in [6, 6.07) is 3.61. The van der Waals surface area contributed by atoms with E-state index in [4.69, 9.17) is 0 Å². The largest absolute Gasteiger partial charge is 0.469 e. The van der Waals surface area contributed by atoms with Gasteiger partial charge in [-0.05, 0) is 26.0 Å². The van der Waals surface area contributed by atoms with E-state index >= 15 is 0 Å². The number of ether oxygens (including phenoxy) is 1. The summed E-state index contributed by atoms with van der Waals surface area (Å²) in [4.78, 5) is 11.5. The number of aryl methyl sites for hydroxylation is 1. The van der Waals surface area contributed by atoms with E-state index in [0.29, 0.717) is 5.69 Å². The van der Waals surface area contributed by atoms with Crippen molar-refractivity contribution in [2.45, 2.75) is 20.0 Å². The fraction of sp³-hybridized carbons (Fsp3) is 0.545. The molecule has 1 rings (SSSR count). The normalized spacial score (nSPS) is 13.7. The third kappa shape index (κ3) is 2.04. The Bertz CT molecular complexity index is 354. The molecule has 0 saturated heterocycles. The predicted molar refractivity (Wildman–Crippen MR) is 56.2 cm³/mol. The molecule has 0 spiro atoms.